The maximum Gasteiger partial charge on any atom is 0.252 e. The van der Waals surface area contributed by atoms with E-state index in [2.05, 4.69) is 10.0 Å². The number of nitrogens with one attached hydrogen (secondary N) is 2. The third-order valence-corrected chi connectivity index (χ3v) is 4.99. The first kappa shape index (κ1) is 21.4. The van der Waals surface area contributed by atoms with Crippen molar-refractivity contribution in [1.82, 2.24) is 5.32 Å². The van der Waals surface area contributed by atoms with Crippen LogP contribution >= 0.6 is 0 Å². The predicted octanol–water partition coefficient (Wildman–Crippen LogP) is 3.98. The van der Waals surface area contributed by atoms with Crippen LogP contribution in [0.3, 0.4) is 0 Å². The second kappa shape index (κ2) is 9.45. The van der Waals surface area contributed by atoms with E-state index in [4.69, 9.17) is 4.74 Å². The summed E-state index contributed by atoms with van der Waals surface area (Å²) in [4.78, 5) is 12.9. The van der Waals surface area contributed by atoms with Gasteiger partial charge in [-0.25, -0.2) is 8.42 Å². The van der Waals surface area contributed by atoms with Crippen LogP contribution in [0.25, 0.3) is 0 Å². The van der Waals surface area contributed by atoms with Gasteiger partial charge >= 0.3 is 0 Å². The molecule has 30 heavy (non-hydrogen) atoms. The summed E-state index contributed by atoms with van der Waals surface area (Å²) < 4.78 is 30.6. The molecule has 7 heteroatoms. The molecule has 0 saturated carbocycles. The van der Waals surface area contributed by atoms with Crippen LogP contribution in [0.15, 0.2) is 78.9 Å². The Hall–Kier alpha value is -3.32. The molecule has 0 spiro atoms. The van der Waals surface area contributed by atoms with Gasteiger partial charge in [-0.15, -0.1) is 0 Å². The van der Waals surface area contributed by atoms with Gasteiger partial charge in [0.1, 0.15) is 5.75 Å². The number of sulfonamides is 1. The van der Waals surface area contributed by atoms with Crippen LogP contribution < -0.4 is 14.8 Å². The van der Waals surface area contributed by atoms with Crippen LogP contribution in [0.2, 0.25) is 0 Å². The molecule has 156 valence electrons. The third kappa shape index (κ3) is 5.84. The quantitative estimate of drug-likeness (QED) is 0.573. The minimum atomic E-state index is -3.37. The van der Waals surface area contributed by atoms with Gasteiger partial charge in [0.05, 0.1) is 18.9 Å². The summed E-state index contributed by atoms with van der Waals surface area (Å²) in [7, 11) is -3.37. The van der Waals surface area contributed by atoms with E-state index in [1.807, 2.05) is 61.5 Å². The van der Waals surface area contributed by atoms with Crippen LogP contribution in [0.5, 0.6) is 5.75 Å². The Balaban J connectivity index is 1.83. The maximum atomic E-state index is 12.9. The number of rotatable bonds is 8. The SMILES string of the molecule is CCOc1ccc([C@H](NC(=O)c2ccc(NS(C)(=O)=O)cc2)c2ccccc2)cc1. The van der Waals surface area contributed by atoms with Gasteiger partial charge in [-0.3, -0.25) is 9.52 Å². The van der Waals surface area contributed by atoms with E-state index in [9.17, 15) is 13.2 Å². The van der Waals surface area contributed by atoms with Crippen molar-refractivity contribution < 1.29 is 17.9 Å². The summed E-state index contributed by atoms with van der Waals surface area (Å²) in [5.41, 5.74) is 2.71. The molecular weight excluding hydrogens is 400 g/mol. The van der Waals surface area contributed by atoms with E-state index in [-0.39, 0.29) is 11.9 Å². The van der Waals surface area contributed by atoms with Crippen molar-refractivity contribution in [3.8, 4) is 5.75 Å². The van der Waals surface area contributed by atoms with E-state index in [0.717, 1.165) is 23.1 Å². The zero-order chi connectivity index (χ0) is 21.6. The summed E-state index contributed by atoms with van der Waals surface area (Å²) in [6, 6.07) is 23.3. The molecule has 6 nitrogen and oxygen atoms in total. The Bertz CT molecular complexity index is 1080. The molecule has 1 atom stereocenters. The molecule has 0 unspecified atom stereocenters. The highest BCUT2D eigenvalue weighted by atomic mass is 32.2. The Morgan fingerprint density at radius 1 is 0.900 bits per heavy atom. The number of anilines is 1. The lowest BCUT2D eigenvalue weighted by atomic mass is 9.98. The van der Waals surface area contributed by atoms with Crippen molar-refractivity contribution >= 4 is 21.6 Å². The summed E-state index contributed by atoms with van der Waals surface area (Å²) in [6.45, 7) is 2.51. The maximum absolute atomic E-state index is 12.9. The summed E-state index contributed by atoms with van der Waals surface area (Å²) >= 11 is 0. The first-order chi connectivity index (χ1) is 14.4. The van der Waals surface area contributed by atoms with Gasteiger partial charge in [-0.05, 0) is 54.4 Å². The van der Waals surface area contributed by atoms with Gasteiger partial charge in [-0.1, -0.05) is 42.5 Å². The molecule has 0 aliphatic rings. The van der Waals surface area contributed by atoms with Gasteiger partial charge in [0, 0.05) is 11.3 Å². The molecule has 3 aromatic rings. The Kier molecular flexibility index (Phi) is 6.74. The first-order valence-electron chi connectivity index (χ1n) is 9.52. The van der Waals surface area contributed by atoms with Crippen molar-refractivity contribution in [2.75, 3.05) is 17.6 Å². The summed E-state index contributed by atoms with van der Waals surface area (Å²) in [5, 5.41) is 3.07. The van der Waals surface area contributed by atoms with Crippen LogP contribution in [0, 0.1) is 0 Å². The number of hydrogen-bond acceptors (Lipinski definition) is 4. The van der Waals surface area contributed by atoms with Crippen molar-refractivity contribution in [1.29, 1.82) is 0 Å². The number of benzene rings is 3. The van der Waals surface area contributed by atoms with Gasteiger partial charge in [0.2, 0.25) is 10.0 Å². The molecule has 0 heterocycles. The van der Waals surface area contributed by atoms with E-state index in [1.165, 1.54) is 0 Å². The first-order valence-corrected chi connectivity index (χ1v) is 11.4. The van der Waals surface area contributed by atoms with Crippen molar-refractivity contribution in [3.63, 3.8) is 0 Å². The van der Waals surface area contributed by atoms with E-state index >= 15 is 0 Å². The highest BCUT2D eigenvalue weighted by molar-refractivity contribution is 7.92. The van der Waals surface area contributed by atoms with Gasteiger partial charge in [0.15, 0.2) is 0 Å². The number of ether oxygens (including phenoxy) is 1. The fraction of sp³-hybridized carbons (Fsp3) is 0.174. The fourth-order valence-electron chi connectivity index (χ4n) is 3.05. The molecule has 0 fully saturated rings. The summed E-state index contributed by atoms with van der Waals surface area (Å²) in [5.74, 6) is 0.511. The topological polar surface area (TPSA) is 84.5 Å². The number of amides is 1. The highest BCUT2D eigenvalue weighted by Crippen LogP contribution is 2.25. The minimum absolute atomic E-state index is 0.261. The van der Waals surface area contributed by atoms with E-state index in [1.54, 1.807) is 24.3 Å². The standard InChI is InChI=1S/C23H24N2O4S/c1-3-29-21-15-11-18(12-16-21)22(17-7-5-4-6-8-17)24-23(26)19-9-13-20(14-10-19)25-30(2,27)28/h4-16,22,25H,3H2,1-2H3,(H,24,26)/t22-/m1/s1. The average Bonchev–Trinajstić information content (AvgIpc) is 2.73. The minimum Gasteiger partial charge on any atom is -0.494 e. The lowest BCUT2D eigenvalue weighted by molar-refractivity contribution is 0.0943. The average molecular weight is 425 g/mol. The molecule has 0 bridgehead atoms. The monoisotopic (exact) mass is 424 g/mol. The zero-order valence-electron chi connectivity index (χ0n) is 16.8. The zero-order valence-corrected chi connectivity index (χ0v) is 17.6. The van der Waals surface area contributed by atoms with Crippen LogP contribution in [0.4, 0.5) is 5.69 Å². The number of carbonyl (C=O) groups is 1. The van der Waals surface area contributed by atoms with Crippen LogP contribution in [0.1, 0.15) is 34.5 Å². The van der Waals surface area contributed by atoms with Gasteiger partial charge < -0.3 is 10.1 Å². The van der Waals surface area contributed by atoms with Gasteiger partial charge in [0.25, 0.3) is 5.91 Å². The molecule has 0 aliphatic carbocycles. The smallest absolute Gasteiger partial charge is 0.252 e. The van der Waals surface area contributed by atoms with E-state index < -0.39 is 10.0 Å². The van der Waals surface area contributed by atoms with Crippen molar-refractivity contribution in [2.24, 2.45) is 0 Å². The van der Waals surface area contributed by atoms with Crippen molar-refractivity contribution in [3.05, 3.63) is 95.6 Å². The second-order valence-electron chi connectivity index (χ2n) is 6.77. The largest absolute Gasteiger partial charge is 0.494 e. The lowest BCUT2D eigenvalue weighted by Gasteiger charge is -2.20. The molecular formula is C23H24N2O4S. The Morgan fingerprint density at radius 3 is 2.07 bits per heavy atom. The molecule has 0 aromatic heterocycles. The molecule has 3 rings (SSSR count). The lowest BCUT2D eigenvalue weighted by Crippen LogP contribution is -2.29. The number of hydrogen-bond donors (Lipinski definition) is 2. The number of carbonyl (C=O) groups excluding carboxylic acids is 1. The molecule has 2 N–H and O–H groups in total. The van der Waals surface area contributed by atoms with Crippen molar-refractivity contribution in [2.45, 2.75) is 13.0 Å². The normalized spacial score (nSPS) is 12.1. The van der Waals surface area contributed by atoms with E-state index in [0.29, 0.717) is 17.9 Å². The molecule has 3 aromatic carbocycles. The van der Waals surface area contributed by atoms with Crippen LogP contribution in [-0.2, 0) is 10.0 Å². The van der Waals surface area contributed by atoms with Gasteiger partial charge in [-0.2, -0.15) is 0 Å². The van der Waals surface area contributed by atoms with Crippen LogP contribution in [-0.4, -0.2) is 27.2 Å². The molecule has 0 radical (unpaired) electrons. The molecule has 0 saturated heterocycles. The second-order valence-corrected chi connectivity index (χ2v) is 8.52. The molecule has 1 amide bonds. The summed E-state index contributed by atoms with van der Waals surface area (Å²) in [6.07, 6.45) is 1.08. The Labute approximate surface area is 177 Å². The third-order valence-electron chi connectivity index (χ3n) is 4.38. The predicted molar refractivity (Wildman–Crippen MR) is 118 cm³/mol. The molecule has 0 aliphatic heterocycles. The highest BCUT2D eigenvalue weighted by Gasteiger charge is 2.18. The Morgan fingerprint density at radius 2 is 1.50 bits per heavy atom. The fourth-order valence-corrected chi connectivity index (χ4v) is 3.61.